The van der Waals surface area contributed by atoms with Crippen molar-refractivity contribution in [2.24, 2.45) is 5.92 Å². The molecule has 1 N–H and O–H groups in total. The van der Waals surface area contributed by atoms with E-state index >= 15 is 0 Å². The Kier molecular flexibility index (Phi) is 5.45. The van der Waals surface area contributed by atoms with Crippen LogP contribution >= 0.6 is 22.6 Å². The number of hydrogen-bond donors (Lipinski definition) is 1. The molecule has 0 unspecified atom stereocenters. The van der Waals surface area contributed by atoms with Crippen molar-refractivity contribution >= 4 is 39.4 Å². The van der Waals surface area contributed by atoms with E-state index in [-0.39, 0.29) is 12.0 Å². The van der Waals surface area contributed by atoms with Gasteiger partial charge >= 0.3 is 0 Å². The molecule has 5 heterocycles. The van der Waals surface area contributed by atoms with Gasteiger partial charge < -0.3 is 9.88 Å². The lowest BCUT2D eigenvalue weighted by atomic mass is 9.96. The normalized spacial score (nSPS) is 16.7. The fourth-order valence-corrected chi connectivity index (χ4v) is 4.90. The van der Waals surface area contributed by atoms with Gasteiger partial charge in [-0.2, -0.15) is 15.6 Å². The summed E-state index contributed by atoms with van der Waals surface area (Å²) in [6.45, 7) is 1.51. The van der Waals surface area contributed by atoms with Crippen molar-refractivity contribution in [1.29, 1.82) is 10.5 Å². The van der Waals surface area contributed by atoms with Crippen LogP contribution in [0.3, 0.4) is 0 Å². The molecule has 1 saturated heterocycles. The van der Waals surface area contributed by atoms with Crippen LogP contribution in [-0.2, 0) is 0 Å². The Balaban J connectivity index is 1.42. The first-order chi connectivity index (χ1) is 15.7. The summed E-state index contributed by atoms with van der Waals surface area (Å²) in [6, 6.07) is 8.32. The molecule has 10 heteroatoms. The minimum absolute atomic E-state index is 0.0735. The highest BCUT2D eigenvalue weighted by atomic mass is 127. The topological polar surface area (TPSA) is 123 Å². The number of hydrogen-bond acceptors (Lipinski definition) is 7. The van der Waals surface area contributed by atoms with Crippen LogP contribution in [0, 0.1) is 32.2 Å². The lowest BCUT2D eigenvalue weighted by Crippen LogP contribution is -2.26. The third-order valence-corrected chi connectivity index (χ3v) is 6.83. The zero-order chi connectivity index (χ0) is 22.1. The van der Waals surface area contributed by atoms with Crippen molar-refractivity contribution in [2.75, 3.05) is 18.0 Å². The van der Waals surface area contributed by atoms with Gasteiger partial charge in [0, 0.05) is 52.1 Å². The summed E-state index contributed by atoms with van der Waals surface area (Å²) in [5.74, 6) is 0.931. The zero-order valence-corrected chi connectivity index (χ0v) is 19.1. The van der Waals surface area contributed by atoms with Gasteiger partial charge in [-0.25, -0.2) is 15.0 Å². The molecule has 0 saturated carbocycles. The summed E-state index contributed by atoms with van der Waals surface area (Å²) in [5.41, 5.74) is 3.08. The van der Waals surface area contributed by atoms with Gasteiger partial charge in [0.2, 0.25) is 0 Å². The van der Waals surface area contributed by atoms with Crippen LogP contribution in [-0.4, -0.2) is 42.8 Å². The highest BCUT2D eigenvalue weighted by molar-refractivity contribution is 14.1. The van der Waals surface area contributed by atoms with Crippen LogP contribution in [0.15, 0.2) is 43.2 Å². The monoisotopic (exact) mass is 535 g/mol. The first-order valence-corrected chi connectivity index (χ1v) is 11.3. The van der Waals surface area contributed by atoms with Crippen LogP contribution in [0.25, 0.3) is 22.3 Å². The van der Waals surface area contributed by atoms with Crippen molar-refractivity contribution in [3.8, 4) is 23.4 Å². The zero-order valence-electron chi connectivity index (χ0n) is 17.0. The molecule has 0 aliphatic carbocycles. The average Bonchev–Trinajstić information content (AvgIpc) is 3.57. The van der Waals surface area contributed by atoms with Crippen LogP contribution in [0.4, 0.5) is 5.82 Å². The molecule has 4 aromatic heterocycles. The molecule has 5 rings (SSSR count). The molecule has 1 aliphatic rings. The predicted molar refractivity (Wildman–Crippen MR) is 126 cm³/mol. The molecule has 32 heavy (non-hydrogen) atoms. The van der Waals surface area contributed by atoms with E-state index in [9.17, 15) is 10.5 Å². The Morgan fingerprint density at radius 1 is 1.25 bits per heavy atom. The molecule has 158 valence electrons. The molecule has 0 bridgehead atoms. The largest absolute Gasteiger partial charge is 0.355 e. The molecule has 9 nitrogen and oxygen atoms in total. The maximum Gasteiger partial charge on any atom is 0.147 e. The maximum absolute atomic E-state index is 9.58. The fourth-order valence-electron chi connectivity index (χ4n) is 4.38. The van der Waals surface area contributed by atoms with E-state index in [4.69, 9.17) is 0 Å². The Morgan fingerprint density at radius 2 is 2.16 bits per heavy atom. The van der Waals surface area contributed by atoms with E-state index in [1.165, 1.54) is 6.33 Å². The molecule has 1 fully saturated rings. The van der Waals surface area contributed by atoms with Gasteiger partial charge in [0.05, 0.1) is 30.4 Å². The second kappa shape index (κ2) is 8.55. The number of aromatic amines is 1. The van der Waals surface area contributed by atoms with E-state index in [1.54, 1.807) is 12.4 Å². The summed E-state index contributed by atoms with van der Waals surface area (Å²) in [6.07, 6.45) is 10.1. The second-order valence-electron chi connectivity index (χ2n) is 7.70. The van der Waals surface area contributed by atoms with Crippen LogP contribution in [0.2, 0.25) is 0 Å². The summed E-state index contributed by atoms with van der Waals surface area (Å²) in [7, 11) is 0. The summed E-state index contributed by atoms with van der Waals surface area (Å²) < 4.78 is 2.78. The highest BCUT2D eigenvalue weighted by Crippen LogP contribution is 2.35. The number of nitrogens with one attached hydrogen (secondary N) is 1. The number of nitriles is 2. The molecular formula is C22H18IN9. The standard InChI is InChI=1S/C22H18IN9/c23-18-3-7-27-22(17(18)9-25)31-8-4-14(11-31)19(1-5-24)32-12-15(10-30-32)20-16-2-6-26-21(16)29-13-28-20/h2-3,6-7,10,12-14,19H,1,4,8,11H2,(H,26,28,29)/t14-,19-/m0/s1. The Morgan fingerprint density at radius 3 is 3.00 bits per heavy atom. The first-order valence-electron chi connectivity index (χ1n) is 10.2. The molecule has 4 aromatic rings. The third-order valence-electron chi connectivity index (χ3n) is 5.93. The first kappa shape index (κ1) is 20.4. The summed E-state index contributed by atoms with van der Waals surface area (Å²) in [4.78, 5) is 18.4. The smallest absolute Gasteiger partial charge is 0.147 e. The Hall–Kier alpha value is -3.51. The van der Waals surface area contributed by atoms with Crippen LogP contribution in [0.5, 0.6) is 0 Å². The number of fused-ring (bicyclic) bond motifs is 1. The summed E-state index contributed by atoms with van der Waals surface area (Å²) in [5, 5.41) is 24.6. The quantitative estimate of drug-likeness (QED) is 0.387. The predicted octanol–water partition coefficient (Wildman–Crippen LogP) is 3.67. The molecule has 0 radical (unpaired) electrons. The van der Waals surface area contributed by atoms with Gasteiger partial charge in [-0.05, 0) is 41.1 Å². The van der Waals surface area contributed by atoms with Gasteiger partial charge in [-0.15, -0.1) is 0 Å². The number of H-pyrrole nitrogens is 1. The van der Waals surface area contributed by atoms with E-state index in [1.807, 2.05) is 29.2 Å². The van der Waals surface area contributed by atoms with E-state index in [0.717, 1.165) is 51.2 Å². The molecule has 0 aromatic carbocycles. The van der Waals surface area contributed by atoms with E-state index in [2.05, 4.69) is 64.7 Å². The fraction of sp³-hybridized carbons (Fsp3) is 0.273. The molecule has 0 amide bonds. The SMILES string of the molecule is N#CC[C@@H]([C@H]1CCN(c2nccc(I)c2C#N)C1)n1cc(-c2ncnc3[nH]ccc23)cn1. The second-order valence-corrected chi connectivity index (χ2v) is 8.86. The van der Waals surface area contributed by atoms with Gasteiger partial charge in [0.25, 0.3) is 0 Å². The Labute approximate surface area is 197 Å². The average molecular weight is 535 g/mol. The van der Waals surface area contributed by atoms with Gasteiger partial charge in [-0.3, -0.25) is 4.68 Å². The molecular weight excluding hydrogens is 517 g/mol. The Bertz CT molecular complexity index is 1360. The van der Waals surface area contributed by atoms with E-state index < -0.39 is 0 Å². The number of pyridine rings is 1. The van der Waals surface area contributed by atoms with Crippen LogP contribution < -0.4 is 4.90 Å². The van der Waals surface area contributed by atoms with Crippen LogP contribution in [0.1, 0.15) is 24.4 Å². The van der Waals surface area contributed by atoms with Crippen molar-refractivity contribution < 1.29 is 0 Å². The number of nitrogens with zero attached hydrogens (tertiary/aromatic N) is 8. The lowest BCUT2D eigenvalue weighted by molar-refractivity contribution is 0.332. The molecule has 1 aliphatic heterocycles. The highest BCUT2D eigenvalue weighted by Gasteiger charge is 2.33. The van der Waals surface area contributed by atoms with E-state index in [0.29, 0.717) is 12.0 Å². The van der Waals surface area contributed by atoms with Crippen molar-refractivity contribution in [3.05, 3.63) is 52.4 Å². The van der Waals surface area contributed by atoms with Crippen molar-refractivity contribution in [2.45, 2.75) is 18.9 Å². The third kappa shape index (κ3) is 3.56. The van der Waals surface area contributed by atoms with Gasteiger partial charge in [-0.1, -0.05) is 0 Å². The minimum Gasteiger partial charge on any atom is -0.355 e. The number of anilines is 1. The maximum atomic E-state index is 9.58. The number of aromatic nitrogens is 6. The van der Waals surface area contributed by atoms with Crippen molar-refractivity contribution in [1.82, 2.24) is 29.7 Å². The van der Waals surface area contributed by atoms with Crippen molar-refractivity contribution in [3.63, 3.8) is 0 Å². The lowest BCUT2D eigenvalue weighted by Gasteiger charge is -2.23. The number of halogens is 1. The number of rotatable bonds is 5. The molecule has 0 spiro atoms. The van der Waals surface area contributed by atoms with Gasteiger partial charge in [0.15, 0.2) is 0 Å². The minimum atomic E-state index is -0.0735. The summed E-state index contributed by atoms with van der Waals surface area (Å²) >= 11 is 2.17. The van der Waals surface area contributed by atoms with Gasteiger partial charge in [0.1, 0.15) is 29.4 Å². The molecule has 2 atom stereocenters.